The van der Waals surface area contributed by atoms with Crippen molar-refractivity contribution in [2.75, 3.05) is 6.54 Å². The molecule has 5 rings (SSSR count). The van der Waals surface area contributed by atoms with Gasteiger partial charge in [0.05, 0.1) is 18.1 Å². The molecule has 0 fully saturated rings. The highest BCUT2D eigenvalue weighted by atomic mass is 16.5. The van der Waals surface area contributed by atoms with Crippen LogP contribution in [0.5, 0.6) is 0 Å². The van der Waals surface area contributed by atoms with Crippen LogP contribution in [0.1, 0.15) is 21.5 Å². The Morgan fingerprint density at radius 1 is 1.00 bits per heavy atom. The highest BCUT2D eigenvalue weighted by molar-refractivity contribution is 6.00. The number of hydrogen-bond acceptors (Lipinski definition) is 4. The van der Waals surface area contributed by atoms with Crippen LogP contribution in [-0.4, -0.2) is 23.7 Å². The minimum atomic E-state index is -0.130. The maximum absolute atomic E-state index is 12.7. The fourth-order valence-corrected chi connectivity index (χ4v) is 3.73. The monoisotopic (exact) mass is 384 g/mol. The van der Waals surface area contributed by atoms with E-state index in [4.69, 9.17) is 9.26 Å². The molecule has 0 aliphatic carbocycles. The van der Waals surface area contributed by atoms with Crippen LogP contribution in [-0.2, 0) is 17.8 Å². The lowest BCUT2D eigenvalue weighted by Crippen LogP contribution is -2.36. The Hall–Kier alpha value is -3.44. The molecule has 5 heteroatoms. The van der Waals surface area contributed by atoms with Gasteiger partial charge in [0.2, 0.25) is 0 Å². The van der Waals surface area contributed by atoms with Gasteiger partial charge in [0.25, 0.3) is 5.91 Å². The van der Waals surface area contributed by atoms with E-state index >= 15 is 0 Å². The smallest absolute Gasteiger partial charge is 0.251 e. The first-order valence-electron chi connectivity index (χ1n) is 9.69. The Balaban J connectivity index is 1.31. The summed E-state index contributed by atoms with van der Waals surface area (Å²) in [6.07, 6.45) is 0.785. The molecule has 1 atom stereocenters. The van der Waals surface area contributed by atoms with Gasteiger partial charge in [-0.3, -0.25) is 4.79 Å². The van der Waals surface area contributed by atoms with E-state index in [0.717, 1.165) is 22.9 Å². The number of amides is 1. The van der Waals surface area contributed by atoms with Crippen molar-refractivity contribution in [3.05, 3.63) is 89.5 Å². The minimum Gasteiger partial charge on any atom is -0.371 e. The Bertz CT molecular complexity index is 1170. The van der Waals surface area contributed by atoms with E-state index in [-0.39, 0.29) is 12.0 Å². The number of carbonyl (C=O) groups is 1. The molecule has 0 bridgehead atoms. The second-order valence-corrected chi connectivity index (χ2v) is 7.23. The van der Waals surface area contributed by atoms with E-state index in [9.17, 15) is 4.79 Å². The molecule has 1 amide bonds. The number of fused-ring (bicyclic) bond motifs is 2. The van der Waals surface area contributed by atoms with E-state index in [2.05, 4.69) is 22.6 Å². The molecule has 1 aliphatic rings. The second-order valence-electron chi connectivity index (χ2n) is 7.23. The van der Waals surface area contributed by atoms with Gasteiger partial charge in [-0.1, -0.05) is 59.8 Å². The largest absolute Gasteiger partial charge is 0.371 e. The molecule has 1 N–H and O–H groups in total. The first-order chi connectivity index (χ1) is 14.3. The van der Waals surface area contributed by atoms with Crippen molar-refractivity contribution in [1.82, 2.24) is 10.5 Å². The zero-order chi connectivity index (χ0) is 19.6. The summed E-state index contributed by atoms with van der Waals surface area (Å²) in [7, 11) is 0. The van der Waals surface area contributed by atoms with Crippen LogP contribution in [0.2, 0.25) is 0 Å². The predicted octanol–water partition coefficient (Wildman–Crippen LogP) is 4.37. The van der Waals surface area contributed by atoms with Crippen molar-refractivity contribution < 1.29 is 14.1 Å². The average Bonchev–Trinajstić information content (AvgIpc) is 3.21. The molecule has 3 aromatic carbocycles. The summed E-state index contributed by atoms with van der Waals surface area (Å²) < 4.78 is 11.4. The zero-order valence-electron chi connectivity index (χ0n) is 15.8. The lowest BCUT2D eigenvalue weighted by atomic mass is 9.99. The molecule has 0 spiro atoms. The summed E-state index contributed by atoms with van der Waals surface area (Å²) in [5.41, 5.74) is 4.75. The molecule has 2 heterocycles. The maximum atomic E-state index is 12.7. The number of rotatable bonds is 4. The molecule has 0 saturated carbocycles. The molecule has 5 nitrogen and oxygen atoms in total. The van der Waals surface area contributed by atoms with Crippen molar-refractivity contribution in [1.29, 1.82) is 0 Å². The Morgan fingerprint density at radius 3 is 2.66 bits per heavy atom. The lowest BCUT2D eigenvalue weighted by molar-refractivity contribution is 0.0285. The highest BCUT2D eigenvalue weighted by Crippen LogP contribution is 2.29. The third-order valence-electron chi connectivity index (χ3n) is 5.31. The number of ether oxygens (including phenoxy) is 1. The number of aromatic nitrogens is 1. The molecule has 4 aromatic rings. The normalized spacial score (nSPS) is 15.8. The van der Waals surface area contributed by atoms with Crippen LogP contribution in [0.25, 0.3) is 22.2 Å². The van der Waals surface area contributed by atoms with Crippen molar-refractivity contribution in [3.8, 4) is 11.3 Å². The number of nitrogens with zero attached hydrogens (tertiary/aromatic N) is 1. The number of nitrogens with one attached hydrogen (secondary N) is 1. The predicted molar refractivity (Wildman–Crippen MR) is 111 cm³/mol. The standard InChI is InChI=1S/C24H20N2O3/c27-24(25-14-20-12-17-8-4-5-9-19(17)15-28-20)18-10-11-22-21(13-18)23(29-26-22)16-6-2-1-3-7-16/h1-11,13,20H,12,14-15H2,(H,25,27). The van der Waals surface area contributed by atoms with E-state index in [1.54, 1.807) is 6.07 Å². The number of benzene rings is 3. The van der Waals surface area contributed by atoms with Crippen LogP contribution in [0.15, 0.2) is 77.3 Å². The highest BCUT2D eigenvalue weighted by Gasteiger charge is 2.20. The number of carbonyl (C=O) groups excluding carboxylic acids is 1. The molecule has 144 valence electrons. The van der Waals surface area contributed by atoms with Gasteiger partial charge < -0.3 is 14.6 Å². The lowest BCUT2D eigenvalue weighted by Gasteiger charge is -2.25. The van der Waals surface area contributed by atoms with Gasteiger partial charge in [-0.25, -0.2) is 0 Å². The molecule has 1 aliphatic heterocycles. The molecule has 1 unspecified atom stereocenters. The first kappa shape index (κ1) is 17.6. The van der Waals surface area contributed by atoms with Gasteiger partial charge in [-0.05, 0) is 29.3 Å². The van der Waals surface area contributed by atoms with Crippen molar-refractivity contribution in [2.24, 2.45) is 0 Å². The first-order valence-corrected chi connectivity index (χ1v) is 9.69. The van der Waals surface area contributed by atoms with Gasteiger partial charge in [0.15, 0.2) is 5.76 Å². The summed E-state index contributed by atoms with van der Waals surface area (Å²) in [6, 6.07) is 23.5. The van der Waals surface area contributed by atoms with Crippen LogP contribution >= 0.6 is 0 Å². The summed E-state index contributed by atoms with van der Waals surface area (Å²) in [5.74, 6) is 0.539. The topological polar surface area (TPSA) is 64.4 Å². The molecule has 29 heavy (non-hydrogen) atoms. The second kappa shape index (κ2) is 7.53. The summed E-state index contributed by atoms with van der Waals surface area (Å²) in [4.78, 5) is 12.7. The van der Waals surface area contributed by atoms with Gasteiger partial charge >= 0.3 is 0 Å². The van der Waals surface area contributed by atoms with Crippen LogP contribution in [0, 0.1) is 0 Å². The molecular weight excluding hydrogens is 364 g/mol. The molecule has 0 saturated heterocycles. The Morgan fingerprint density at radius 2 is 1.79 bits per heavy atom. The fraction of sp³-hybridized carbons (Fsp3) is 0.167. The Labute approximate surface area is 168 Å². The molecule has 1 aromatic heterocycles. The van der Waals surface area contributed by atoms with E-state index < -0.39 is 0 Å². The van der Waals surface area contributed by atoms with E-state index in [1.807, 2.05) is 54.6 Å². The third-order valence-corrected chi connectivity index (χ3v) is 5.31. The molecular formula is C24H20N2O3. The average molecular weight is 384 g/mol. The minimum absolute atomic E-state index is 0.0203. The van der Waals surface area contributed by atoms with Crippen LogP contribution in [0.3, 0.4) is 0 Å². The van der Waals surface area contributed by atoms with E-state index in [0.29, 0.717) is 24.5 Å². The number of hydrogen-bond donors (Lipinski definition) is 1. The van der Waals surface area contributed by atoms with Crippen LogP contribution in [0.4, 0.5) is 0 Å². The van der Waals surface area contributed by atoms with Gasteiger partial charge in [-0.15, -0.1) is 0 Å². The van der Waals surface area contributed by atoms with Gasteiger partial charge in [0.1, 0.15) is 5.52 Å². The van der Waals surface area contributed by atoms with E-state index in [1.165, 1.54) is 11.1 Å². The third kappa shape index (κ3) is 3.52. The van der Waals surface area contributed by atoms with Crippen LogP contribution < -0.4 is 5.32 Å². The summed E-state index contributed by atoms with van der Waals surface area (Å²) >= 11 is 0. The summed E-state index contributed by atoms with van der Waals surface area (Å²) in [5, 5.41) is 7.94. The quantitative estimate of drug-likeness (QED) is 0.568. The van der Waals surface area contributed by atoms with Crippen molar-refractivity contribution >= 4 is 16.8 Å². The SMILES string of the molecule is O=C(NCC1Cc2ccccc2CO1)c1ccc2noc(-c3ccccc3)c2c1. The Kier molecular flexibility index (Phi) is 4.58. The van der Waals surface area contributed by atoms with Crippen molar-refractivity contribution in [3.63, 3.8) is 0 Å². The molecule has 0 radical (unpaired) electrons. The zero-order valence-corrected chi connectivity index (χ0v) is 15.8. The van der Waals surface area contributed by atoms with Crippen molar-refractivity contribution in [2.45, 2.75) is 19.1 Å². The van der Waals surface area contributed by atoms with Gasteiger partial charge in [0, 0.05) is 24.1 Å². The van der Waals surface area contributed by atoms with Gasteiger partial charge in [-0.2, -0.15) is 0 Å². The fourth-order valence-electron chi connectivity index (χ4n) is 3.73. The summed E-state index contributed by atoms with van der Waals surface area (Å²) in [6.45, 7) is 1.06. The maximum Gasteiger partial charge on any atom is 0.251 e.